The number of carbonyl (C=O) groups excluding carboxylic acids is 1. The van der Waals surface area contributed by atoms with Gasteiger partial charge in [-0.2, -0.15) is 0 Å². The molecule has 1 N–H and O–H groups in total. The summed E-state index contributed by atoms with van der Waals surface area (Å²) in [7, 11) is 0. The Hall–Kier alpha value is -2.67. The SMILES string of the molecule is CCn1c(=O)[nH]c2cc(C(=O)N(Cc3cccs3)C3CC3)ccc2c1=O. The highest BCUT2D eigenvalue weighted by molar-refractivity contribution is 7.09. The predicted molar refractivity (Wildman–Crippen MR) is 102 cm³/mol. The number of nitrogens with one attached hydrogen (secondary N) is 1. The number of H-pyrrole nitrogens is 1. The van der Waals surface area contributed by atoms with Crippen molar-refractivity contribution in [2.45, 2.75) is 38.9 Å². The quantitative estimate of drug-likeness (QED) is 0.751. The number of fused-ring (bicyclic) bond motifs is 1. The number of rotatable bonds is 5. The molecule has 1 saturated carbocycles. The molecule has 1 fully saturated rings. The van der Waals surface area contributed by atoms with Crippen LogP contribution >= 0.6 is 11.3 Å². The van der Waals surface area contributed by atoms with Crippen molar-refractivity contribution in [1.82, 2.24) is 14.5 Å². The van der Waals surface area contributed by atoms with Crippen molar-refractivity contribution in [3.63, 3.8) is 0 Å². The van der Waals surface area contributed by atoms with Crippen molar-refractivity contribution in [3.05, 3.63) is 67.0 Å². The van der Waals surface area contributed by atoms with Gasteiger partial charge in [-0.15, -0.1) is 11.3 Å². The van der Waals surface area contributed by atoms with E-state index in [0.29, 0.717) is 29.6 Å². The minimum absolute atomic E-state index is 0.0664. The van der Waals surface area contributed by atoms with Gasteiger partial charge in [-0.25, -0.2) is 4.79 Å². The van der Waals surface area contributed by atoms with Gasteiger partial charge >= 0.3 is 5.69 Å². The summed E-state index contributed by atoms with van der Waals surface area (Å²) in [5.41, 5.74) is 0.114. The van der Waals surface area contributed by atoms with Crippen LogP contribution in [0.5, 0.6) is 0 Å². The molecule has 0 radical (unpaired) electrons. The van der Waals surface area contributed by atoms with E-state index in [1.165, 1.54) is 0 Å². The van der Waals surface area contributed by atoms with Crippen molar-refractivity contribution in [3.8, 4) is 0 Å². The third-order valence-corrected chi connectivity index (χ3v) is 5.56. The fourth-order valence-corrected chi connectivity index (χ4v) is 3.87. The van der Waals surface area contributed by atoms with Gasteiger partial charge in [-0.05, 0) is 49.4 Å². The molecular weight excluding hydrogens is 350 g/mol. The van der Waals surface area contributed by atoms with Gasteiger partial charge in [0.1, 0.15) is 0 Å². The molecule has 2 aromatic heterocycles. The molecule has 0 aliphatic heterocycles. The van der Waals surface area contributed by atoms with Crippen LogP contribution in [0.4, 0.5) is 0 Å². The third kappa shape index (κ3) is 2.99. The monoisotopic (exact) mass is 369 g/mol. The number of nitrogens with zero attached hydrogens (tertiary/aromatic N) is 2. The first-order valence-corrected chi connectivity index (χ1v) is 9.56. The maximum absolute atomic E-state index is 13.0. The molecule has 0 saturated heterocycles. The van der Waals surface area contributed by atoms with Crippen molar-refractivity contribution in [2.24, 2.45) is 0 Å². The summed E-state index contributed by atoms with van der Waals surface area (Å²) in [6.45, 7) is 2.65. The first-order chi connectivity index (χ1) is 12.6. The predicted octanol–water partition coefficient (Wildman–Crippen LogP) is 2.58. The van der Waals surface area contributed by atoms with E-state index in [1.807, 2.05) is 22.4 Å². The molecule has 1 aliphatic carbocycles. The summed E-state index contributed by atoms with van der Waals surface area (Å²) in [5, 5.41) is 2.42. The number of benzene rings is 1. The van der Waals surface area contributed by atoms with Gasteiger partial charge in [-0.1, -0.05) is 6.07 Å². The van der Waals surface area contributed by atoms with E-state index >= 15 is 0 Å². The van der Waals surface area contributed by atoms with Crippen molar-refractivity contribution >= 4 is 28.1 Å². The number of hydrogen-bond acceptors (Lipinski definition) is 4. The van der Waals surface area contributed by atoms with E-state index < -0.39 is 5.69 Å². The molecule has 7 heteroatoms. The lowest BCUT2D eigenvalue weighted by Crippen LogP contribution is -2.35. The van der Waals surface area contributed by atoms with Gasteiger partial charge < -0.3 is 9.88 Å². The summed E-state index contributed by atoms with van der Waals surface area (Å²) >= 11 is 1.63. The number of hydrogen-bond donors (Lipinski definition) is 1. The van der Waals surface area contributed by atoms with Crippen molar-refractivity contribution in [1.29, 1.82) is 0 Å². The van der Waals surface area contributed by atoms with Gasteiger partial charge in [0.25, 0.3) is 11.5 Å². The fraction of sp³-hybridized carbons (Fsp3) is 0.316. The van der Waals surface area contributed by atoms with Crippen LogP contribution in [0.15, 0.2) is 45.3 Å². The summed E-state index contributed by atoms with van der Waals surface area (Å²) < 4.78 is 1.15. The lowest BCUT2D eigenvalue weighted by atomic mass is 10.1. The first-order valence-electron chi connectivity index (χ1n) is 8.68. The zero-order valence-corrected chi connectivity index (χ0v) is 15.2. The first kappa shape index (κ1) is 16.8. The molecule has 0 spiro atoms. The van der Waals surface area contributed by atoms with Crippen LogP contribution in [0.1, 0.15) is 35.0 Å². The van der Waals surface area contributed by atoms with Crippen LogP contribution in [-0.2, 0) is 13.1 Å². The van der Waals surface area contributed by atoms with Gasteiger partial charge in [-0.3, -0.25) is 14.2 Å². The smallest absolute Gasteiger partial charge is 0.328 e. The minimum atomic E-state index is -0.452. The minimum Gasteiger partial charge on any atom is -0.331 e. The Kier molecular flexibility index (Phi) is 4.24. The summed E-state index contributed by atoms with van der Waals surface area (Å²) in [4.78, 5) is 43.2. The van der Waals surface area contributed by atoms with Crippen LogP contribution in [0.2, 0.25) is 0 Å². The molecule has 6 nitrogen and oxygen atoms in total. The largest absolute Gasteiger partial charge is 0.331 e. The number of aromatic nitrogens is 2. The Morgan fingerprint density at radius 1 is 1.31 bits per heavy atom. The maximum atomic E-state index is 13.0. The molecule has 0 bridgehead atoms. The average Bonchev–Trinajstić information content (AvgIpc) is 3.34. The maximum Gasteiger partial charge on any atom is 0.328 e. The van der Waals surface area contributed by atoms with E-state index in [0.717, 1.165) is 22.3 Å². The van der Waals surface area contributed by atoms with E-state index in [9.17, 15) is 14.4 Å². The molecule has 0 atom stereocenters. The highest BCUT2D eigenvalue weighted by atomic mass is 32.1. The second kappa shape index (κ2) is 6.57. The van der Waals surface area contributed by atoms with E-state index in [2.05, 4.69) is 4.98 Å². The van der Waals surface area contributed by atoms with Gasteiger partial charge in [0, 0.05) is 23.0 Å². The zero-order valence-electron chi connectivity index (χ0n) is 14.4. The van der Waals surface area contributed by atoms with Crippen LogP contribution < -0.4 is 11.2 Å². The van der Waals surface area contributed by atoms with Crippen molar-refractivity contribution < 1.29 is 4.79 Å². The number of carbonyl (C=O) groups is 1. The van der Waals surface area contributed by atoms with Crippen LogP contribution in [0.25, 0.3) is 10.9 Å². The Bertz CT molecular complexity index is 1080. The summed E-state index contributed by atoms with van der Waals surface area (Å²) in [5.74, 6) is -0.0664. The lowest BCUT2D eigenvalue weighted by molar-refractivity contribution is 0.0732. The lowest BCUT2D eigenvalue weighted by Gasteiger charge is -2.22. The van der Waals surface area contributed by atoms with E-state index in [-0.39, 0.29) is 17.5 Å². The molecule has 134 valence electrons. The van der Waals surface area contributed by atoms with Crippen molar-refractivity contribution in [2.75, 3.05) is 0 Å². The highest BCUT2D eigenvalue weighted by Gasteiger charge is 2.33. The van der Waals surface area contributed by atoms with Crippen LogP contribution in [-0.4, -0.2) is 26.4 Å². The summed E-state index contributed by atoms with van der Waals surface area (Å²) in [6, 6.07) is 9.20. The number of aromatic amines is 1. The topological polar surface area (TPSA) is 75.2 Å². The molecule has 4 rings (SSSR count). The second-order valence-electron chi connectivity index (χ2n) is 6.48. The molecule has 26 heavy (non-hydrogen) atoms. The van der Waals surface area contributed by atoms with Crippen LogP contribution in [0.3, 0.4) is 0 Å². The summed E-state index contributed by atoms with van der Waals surface area (Å²) in [6.07, 6.45) is 2.03. The van der Waals surface area contributed by atoms with Gasteiger partial charge in [0.05, 0.1) is 17.4 Å². The third-order valence-electron chi connectivity index (χ3n) is 4.70. The fourth-order valence-electron chi connectivity index (χ4n) is 3.16. The molecule has 0 unspecified atom stereocenters. The highest BCUT2D eigenvalue weighted by Crippen LogP contribution is 2.30. The van der Waals surface area contributed by atoms with Gasteiger partial charge in [0.15, 0.2) is 0 Å². The molecule has 1 amide bonds. The average molecular weight is 369 g/mol. The normalized spacial score (nSPS) is 13.9. The number of amides is 1. The second-order valence-corrected chi connectivity index (χ2v) is 7.52. The molecule has 2 heterocycles. The Balaban J connectivity index is 1.72. The molecule has 1 aliphatic rings. The Morgan fingerprint density at radius 2 is 2.12 bits per heavy atom. The van der Waals surface area contributed by atoms with E-state index in [4.69, 9.17) is 0 Å². The van der Waals surface area contributed by atoms with E-state index in [1.54, 1.807) is 36.5 Å². The molecule has 1 aromatic carbocycles. The van der Waals surface area contributed by atoms with Gasteiger partial charge in [0.2, 0.25) is 0 Å². The molecular formula is C19H19N3O3S. The molecule has 3 aromatic rings. The zero-order chi connectivity index (χ0) is 18.3. The number of thiophene rings is 1. The standard InChI is InChI=1S/C19H19N3O3S/c1-2-21-18(24)15-8-5-12(10-16(15)20-19(21)25)17(23)22(13-6-7-13)11-14-4-3-9-26-14/h3-5,8-10,13H,2,6-7,11H2,1H3,(H,20,25). The Morgan fingerprint density at radius 3 is 2.77 bits per heavy atom. The Labute approximate surface area is 153 Å². The van der Waals surface area contributed by atoms with Crippen LogP contribution in [0, 0.1) is 0 Å².